The number of aromatic nitrogens is 1. The van der Waals surface area contributed by atoms with Gasteiger partial charge in [-0.3, -0.25) is 9.59 Å². The molecule has 3 N–H and O–H groups in total. The zero-order valence-corrected chi connectivity index (χ0v) is 14.2. The van der Waals surface area contributed by atoms with Crippen LogP contribution in [0.25, 0.3) is 10.9 Å². The molecule has 7 heteroatoms. The van der Waals surface area contributed by atoms with Crippen molar-refractivity contribution in [2.75, 3.05) is 13.7 Å². The highest BCUT2D eigenvalue weighted by Crippen LogP contribution is 2.13. The number of hydrogen-bond donors (Lipinski definition) is 3. The van der Waals surface area contributed by atoms with E-state index in [2.05, 4.69) is 20.8 Å². The average Bonchev–Trinajstić information content (AvgIpc) is 3.14. The van der Waals surface area contributed by atoms with E-state index in [-0.39, 0.29) is 12.5 Å². The van der Waals surface area contributed by atoms with Gasteiger partial charge in [-0.1, -0.05) is 6.07 Å². The zero-order chi connectivity index (χ0) is 18.4. The second-order valence-electron chi connectivity index (χ2n) is 5.53. The predicted molar refractivity (Wildman–Crippen MR) is 99.4 cm³/mol. The van der Waals surface area contributed by atoms with Crippen LogP contribution in [-0.4, -0.2) is 36.7 Å². The van der Waals surface area contributed by atoms with E-state index in [4.69, 9.17) is 4.74 Å². The number of H-pyrrole nitrogens is 1. The molecule has 2 aromatic carbocycles. The van der Waals surface area contributed by atoms with Gasteiger partial charge >= 0.3 is 0 Å². The van der Waals surface area contributed by atoms with Crippen molar-refractivity contribution in [1.82, 2.24) is 15.7 Å². The summed E-state index contributed by atoms with van der Waals surface area (Å²) in [4.78, 5) is 26.9. The van der Waals surface area contributed by atoms with E-state index in [9.17, 15) is 9.59 Å². The maximum Gasteiger partial charge on any atom is 0.259 e. The van der Waals surface area contributed by atoms with E-state index in [1.807, 2.05) is 30.5 Å². The van der Waals surface area contributed by atoms with Crippen LogP contribution < -0.4 is 15.5 Å². The van der Waals surface area contributed by atoms with E-state index in [1.54, 1.807) is 37.6 Å². The first-order chi connectivity index (χ1) is 12.7. The molecule has 0 spiro atoms. The van der Waals surface area contributed by atoms with Gasteiger partial charge in [0.05, 0.1) is 19.9 Å². The molecule has 2 amide bonds. The Kier molecular flexibility index (Phi) is 5.28. The van der Waals surface area contributed by atoms with Crippen LogP contribution in [0.15, 0.2) is 59.8 Å². The highest BCUT2D eigenvalue weighted by molar-refractivity contribution is 5.96. The Labute approximate surface area is 150 Å². The van der Waals surface area contributed by atoms with Crippen molar-refractivity contribution in [2.45, 2.75) is 0 Å². The Morgan fingerprint density at radius 1 is 1.15 bits per heavy atom. The van der Waals surface area contributed by atoms with Crippen molar-refractivity contribution >= 4 is 28.9 Å². The molecular weight excluding hydrogens is 332 g/mol. The van der Waals surface area contributed by atoms with E-state index < -0.39 is 5.91 Å². The van der Waals surface area contributed by atoms with Crippen LogP contribution in [-0.2, 0) is 4.79 Å². The third-order valence-electron chi connectivity index (χ3n) is 3.74. The summed E-state index contributed by atoms with van der Waals surface area (Å²) < 4.78 is 5.03. The Balaban J connectivity index is 1.47. The first-order valence-electron chi connectivity index (χ1n) is 7.97. The van der Waals surface area contributed by atoms with E-state index >= 15 is 0 Å². The summed E-state index contributed by atoms with van der Waals surface area (Å²) in [7, 11) is 1.55. The van der Waals surface area contributed by atoms with Crippen LogP contribution >= 0.6 is 0 Å². The van der Waals surface area contributed by atoms with Crippen LogP contribution in [0.5, 0.6) is 5.75 Å². The van der Waals surface area contributed by atoms with Gasteiger partial charge in [0.25, 0.3) is 11.8 Å². The first kappa shape index (κ1) is 17.2. The number of benzene rings is 2. The smallest absolute Gasteiger partial charge is 0.259 e. The predicted octanol–water partition coefficient (Wildman–Crippen LogP) is 2.06. The van der Waals surface area contributed by atoms with Gasteiger partial charge in [0, 0.05) is 17.3 Å². The lowest BCUT2D eigenvalue weighted by molar-refractivity contribution is -0.120. The van der Waals surface area contributed by atoms with E-state index in [0.717, 1.165) is 16.5 Å². The highest BCUT2D eigenvalue weighted by atomic mass is 16.5. The van der Waals surface area contributed by atoms with Crippen molar-refractivity contribution in [2.24, 2.45) is 5.10 Å². The maximum absolute atomic E-state index is 12.0. The second kappa shape index (κ2) is 7.98. The number of carbonyl (C=O) groups excluding carboxylic acids is 2. The van der Waals surface area contributed by atoms with E-state index in [1.165, 1.54) is 0 Å². The molecule has 0 aliphatic heterocycles. The number of nitrogens with zero attached hydrogens (tertiary/aromatic N) is 1. The van der Waals surface area contributed by atoms with Crippen LogP contribution in [0.1, 0.15) is 15.9 Å². The number of carbonyl (C=O) groups is 2. The van der Waals surface area contributed by atoms with Gasteiger partial charge in [0.1, 0.15) is 5.75 Å². The number of hydrogen-bond acceptors (Lipinski definition) is 4. The average molecular weight is 350 g/mol. The monoisotopic (exact) mass is 350 g/mol. The third-order valence-corrected chi connectivity index (χ3v) is 3.74. The molecule has 26 heavy (non-hydrogen) atoms. The molecule has 132 valence electrons. The Morgan fingerprint density at radius 2 is 1.96 bits per heavy atom. The molecule has 0 bridgehead atoms. The minimum Gasteiger partial charge on any atom is -0.497 e. The SMILES string of the molecule is COc1ccc(C(=O)NCC(=O)N/N=C/c2ccc3[nH]ccc3c2)cc1. The standard InChI is InChI=1S/C19H18N4O3/c1-26-16-5-3-14(4-6-16)19(25)21-12-18(24)23-22-11-13-2-7-17-15(10-13)8-9-20-17/h2-11,20H,12H2,1H3,(H,21,25)(H,23,24)/b22-11+. The van der Waals surface area contributed by atoms with Gasteiger partial charge in [-0.25, -0.2) is 5.43 Å². The fraction of sp³-hybridized carbons (Fsp3) is 0.105. The van der Waals surface area contributed by atoms with Crippen molar-refractivity contribution in [3.63, 3.8) is 0 Å². The lowest BCUT2D eigenvalue weighted by atomic mass is 10.2. The Morgan fingerprint density at radius 3 is 2.73 bits per heavy atom. The number of aromatic amines is 1. The number of hydrazone groups is 1. The minimum atomic E-state index is -0.411. The molecule has 0 aliphatic carbocycles. The second-order valence-corrected chi connectivity index (χ2v) is 5.53. The zero-order valence-electron chi connectivity index (χ0n) is 14.2. The summed E-state index contributed by atoms with van der Waals surface area (Å²) in [5.41, 5.74) is 4.73. The maximum atomic E-state index is 12.0. The molecule has 0 radical (unpaired) electrons. The summed E-state index contributed by atoms with van der Waals surface area (Å²) >= 11 is 0. The van der Waals surface area contributed by atoms with Crippen LogP contribution in [0.3, 0.4) is 0 Å². The normalized spacial score (nSPS) is 10.8. The van der Waals surface area contributed by atoms with Gasteiger partial charge in [0.15, 0.2) is 0 Å². The van der Waals surface area contributed by atoms with Crippen LogP contribution in [0, 0.1) is 0 Å². The van der Waals surface area contributed by atoms with Crippen LogP contribution in [0.4, 0.5) is 0 Å². The largest absolute Gasteiger partial charge is 0.497 e. The van der Waals surface area contributed by atoms with Crippen molar-refractivity contribution < 1.29 is 14.3 Å². The molecule has 3 aromatic rings. The van der Waals surface area contributed by atoms with Crippen molar-refractivity contribution in [3.05, 3.63) is 65.9 Å². The summed E-state index contributed by atoms with van der Waals surface area (Å²) in [6, 6.07) is 14.4. The van der Waals surface area contributed by atoms with Gasteiger partial charge in [-0.05, 0) is 53.4 Å². The fourth-order valence-corrected chi connectivity index (χ4v) is 2.38. The molecule has 0 saturated heterocycles. The third kappa shape index (κ3) is 4.27. The quantitative estimate of drug-likeness (QED) is 0.469. The molecule has 0 saturated carbocycles. The lowest BCUT2D eigenvalue weighted by Gasteiger charge is -2.05. The molecule has 0 atom stereocenters. The van der Waals surface area contributed by atoms with Gasteiger partial charge in [-0.15, -0.1) is 0 Å². The van der Waals surface area contributed by atoms with E-state index in [0.29, 0.717) is 11.3 Å². The topological polar surface area (TPSA) is 95.6 Å². The number of nitrogens with one attached hydrogen (secondary N) is 3. The summed E-state index contributed by atoms with van der Waals surface area (Å²) in [6.07, 6.45) is 3.41. The molecule has 3 rings (SSSR count). The molecule has 0 unspecified atom stereocenters. The Bertz CT molecular complexity index is 945. The number of fused-ring (bicyclic) bond motifs is 1. The summed E-state index contributed by atoms with van der Waals surface area (Å²) in [5, 5.41) is 7.50. The van der Waals surface area contributed by atoms with Gasteiger partial charge < -0.3 is 15.0 Å². The number of ether oxygens (including phenoxy) is 1. The molecular formula is C19H18N4O3. The molecule has 0 fully saturated rings. The fourth-order valence-electron chi connectivity index (χ4n) is 2.38. The Hall–Kier alpha value is -3.61. The number of rotatable bonds is 6. The summed E-state index contributed by atoms with van der Waals surface area (Å²) in [5.74, 6) is -0.0954. The minimum absolute atomic E-state index is 0.168. The lowest BCUT2D eigenvalue weighted by Crippen LogP contribution is -2.34. The van der Waals surface area contributed by atoms with Gasteiger partial charge in [-0.2, -0.15) is 5.10 Å². The van der Waals surface area contributed by atoms with Crippen molar-refractivity contribution in [1.29, 1.82) is 0 Å². The van der Waals surface area contributed by atoms with Gasteiger partial charge in [0.2, 0.25) is 0 Å². The molecule has 1 aromatic heterocycles. The van der Waals surface area contributed by atoms with Crippen LogP contribution in [0.2, 0.25) is 0 Å². The number of methoxy groups -OCH3 is 1. The molecule has 7 nitrogen and oxygen atoms in total. The first-order valence-corrected chi connectivity index (χ1v) is 7.97. The number of amides is 2. The highest BCUT2D eigenvalue weighted by Gasteiger charge is 2.07. The molecule has 0 aliphatic rings. The van der Waals surface area contributed by atoms with Crippen molar-refractivity contribution in [3.8, 4) is 5.75 Å². The molecule has 1 heterocycles. The summed E-state index contributed by atoms with van der Waals surface area (Å²) in [6.45, 7) is -0.168.